The number of hydrogen-bond donors (Lipinski definition) is 2. The minimum Gasteiger partial charge on any atom is -0.394 e. The molecule has 0 aliphatic carbocycles. The van der Waals surface area contributed by atoms with Crippen molar-refractivity contribution >= 4 is 17.2 Å². The molecule has 0 amide bonds. The van der Waals surface area contributed by atoms with Gasteiger partial charge >= 0.3 is 0 Å². The van der Waals surface area contributed by atoms with Crippen LogP contribution in [-0.2, 0) is 13.1 Å². The molecule has 1 aromatic carbocycles. The molecular weight excluding hydrogens is 308 g/mol. The van der Waals surface area contributed by atoms with Gasteiger partial charge in [-0.05, 0) is 19.4 Å². The Labute approximate surface area is 139 Å². The van der Waals surface area contributed by atoms with Gasteiger partial charge in [-0.2, -0.15) is 5.10 Å². The predicted molar refractivity (Wildman–Crippen MR) is 93.7 cm³/mol. The minimum atomic E-state index is 0.0555. The number of thiazole rings is 1. The summed E-state index contributed by atoms with van der Waals surface area (Å²) in [6, 6.07) is 10.2. The molecule has 120 valence electrons. The number of aromatic nitrogens is 3. The summed E-state index contributed by atoms with van der Waals surface area (Å²) in [5.41, 5.74) is 4.24. The molecule has 0 radical (unpaired) electrons. The molecule has 0 atom stereocenters. The number of aliphatic hydroxyl groups excluding tert-OH is 1. The van der Waals surface area contributed by atoms with Gasteiger partial charge in [0.05, 0.1) is 25.4 Å². The van der Waals surface area contributed by atoms with Crippen molar-refractivity contribution in [1.29, 1.82) is 0 Å². The molecule has 0 aliphatic heterocycles. The number of rotatable bonds is 6. The Hall–Kier alpha value is -2.18. The Morgan fingerprint density at radius 3 is 2.78 bits per heavy atom. The van der Waals surface area contributed by atoms with Crippen molar-refractivity contribution in [3.8, 4) is 11.3 Å². The third-order valence-corrected chi connectivity index (χ3v) is 4.57. The number of aliphatic hydroxyl groups is 1. The molecule has 5 nitrogen and oxygen atoms in total. The summed E-state index contributed by atoms with van der Waals surface area (Å²) >= 11 is 1.64. The first kappa shape index (κ1) is 15.7. The van der Waals surface area contributed by atoms with Crippen LogP contribution in [-0.4, -0.2) is 26.5 Å². The number of anilines is 1. The van der Waals surface area contributed by atoms with Crippen LogP contribution in [0.15, 0.2) is 35.7 Å². The van der Waals surface area contributed by atoms with Gasteiger partial charge in [-0.25, -0.2) is 9.67 Å². The molecule has 3 aromatic rings. The summed E-state index contributed by atoms with van der Waals surface area (Å²) in [6.45, 7) is 5.24. The van der Waals surface area contributed by atoms with E-state index in [4.69, 9.17) is 0 Å². The SMILES string of the molecule is Cc1csc(CNc2cc(-c3ccccc3C)nn2CCO)n1. The summed E-state index contributed by atoms with van der Waals surface area (Å²) in [5.74, 6) is 0.894. The van der Waals surface area contributed by atoms with Crippen molar-refractivity contribution < 1.29 is 5.11 Å². The van der Waals surface area contributed by atoms with Crippen molar-refractivity contribution in [3.05, 3.63) is 52.0 Å². The van der Waals surface area contributed by atoms with E-state index in [1.165, 1.54) is 5.56 Å². The fourth-order valence-corrected chi connectivity index (χ4v) is 3.18. The maximum Gasteiger partial charge on any atom is 0.125 e. The summed E-state index contributed by atoms with van der Waals surface area (Å²) in [6.07, 6.45) is 0. The Morgan fingerprint density at radius 1 is 1.26 bits per heavy atom. The van der Waals surface area contributed by atoms with Crippen LogP contribution in [0.2, 0.25) is 0 Å². The molecule has 0 bridgehead atoms. The van der Waals surface area contributed by atoms with Crippen molar-refractivity contribution in [2.24, 2.45) is 0 Å². The van der Waals surface area contributed by atoms with E-state index in [0.29, 0.717) is 13.1 Å². The minimum absolute atomic E-state index is 0.0555. The van der Waals surface area contributed by atoms with E-state index in [9.17, 15) is 5.11 Å². The summed E-state index contributed by atoms with van der Waals surface area (Å²) in [5, 5.41) is 20.3. The zero-order chi connectivity index (χ0) is 16.2. The highest BCUT2D eigenvalue weighted by atomic mass is 32.1. The zero-order valence-electron chi connectivity index (χ0n) is 13.3. The van der Waals surface area contributed by atoms with Crippen LogP contribution in [0, 0.1) is 13.8 Å². The molecule has 2 N–H and O–H groups in total. The molecule has 0 fully saturated rings. The van der Waals surface area contributed by atoms with Crippen molar-refractivity contribution in [2.75, 3.05) is 11.9 Å². The second-order valence-corrected chi connectivity index (χ2v) is 6.36. The quantitative estimate of drug-likeness (QED) is 0.729. The van der Waals surface area contributed by atoms with E-state index in [1.54, 1.807) is 11.3 Å². The third-order valence-electron chi connectivity index (χ3n) is 3.60. The van der Waals surface area contributed by atoms with Crippen LogP contribution >= 0.6 is 11.3 Å². The first-order valence-corrected chi connectivity index (χ1v) is 8.45. The van der Waals surface area contributed by atoms with Crippen LogP contribution in [0.3, 0.4) is 0 Å². The largest absolute Gasteiger partial charge is 0.394 e. The van der Waals surface area contributed by atoms with Crippen molar-refractivity contribution in [2.45, 2.75) is 26.9 Å². The second kappa shape index (κ2) is 6.93. The average molecular weight is 328 g/mol. The van der Waals surface area contributed by atoms with E-state index in [1.807, 2.05) is 35.2 Å². The van der Waals surface area contributed by atoms with Gasteiger partial charge in [-0.3, -0.25) is 0 Å². The van der Waals surface area contributed by atoms with Crippen molar-refractivity contribution in [1.82, 2.24) is 14.8 Å². The van der Waals surface area contributed by atoms with Gasteiger partial charge in [0.15, 0.2) is 0 Å². The lowest BCUT2D eigenvalue weighted by atomic mass is 10.1. The third kappa shape index (κ3) is 3.60. The van der Waals surface area contributed by atoms with Gasteiger partial charge in [0.2, 0.25) is 0 Å². The Balaban J connectivity index is 1.85. The van der Waals surface area contributed by atoms with E-state index in [0.717, 1.165) is 27.8 Å². The average Bonchev–Trinajstić information content (AvgIpc) is 3.12. The predicted octanol–water partition coefficient (Wildman–Crippen LogP) is 3.23. The number of nitrogens with zero attached hydrogens (tertiary/aromatic N) is 3. The molecule has 2 heterocycles. The van der Waals surface area contributed by atoms with Crippen LogP contribution < -0.4 is 5.32 Å². The smallest absolute Gasteiger partial charge is 0.125 e. The standard InChI is InChI=1S/C17H20N4OS/c1-12-5-3-4-6-14(12)15-9-16(21(20-15)7-8-22)18-10-17-19-13(2)11-23-17/h3-6,9,11,18,22H,7-8,10H2,1-2H3. The van der Waals surface area contributed by atoms with Crippen LogP contribution in [0.25, 0.3) is 11.3 Å². The highest BCUT2D eigenvalue weighted by Crippen LogP contribution is 2.25. The molecule has 6 heteroatoms. The topological polar surface area (TPSA) is 63.0 Å². The van der Waals surface area contributed by atoms with Gasteiger partial charge in [-0.1, -0.05) is 24.3 Å². The maximum atomic E-state index is 9.27. The first-order chi connectivity index (χ1) is 11.2. The molecule has 0 spiro atoms. The van der Waals surface area contributed by atoms with Crippen LogP contribution in [0.1, 0.15) is 16.3 Å². The number of hydrogen-bond acceptors (Lipinski definition) is 5. The molecule has 0 unspecified atom stereocenters. The van der Waals surface area contributed by atoms with Gasteiger partial charge in [0, 0.05) is 22.7 Å². The Morgan fingerprint density at radius 2 is 2.09 bits per heavy atom. The highest BCUT2D eigenvalue weighted by Gasteiger charge is 2.11. The maximum absolute atomic E-state index is 9.27. The molecular formula is C17H20N4OS. The molecule has 0 aliphatic rings. The fourth-order valence-electron chi connectivity index (χ4n) is 2.47. The molecule has 23 heavy (non-hydrogen) atoms. The van der Waals surface area contributed by atoms with Gasteiger partial charge in [0.1, 0.15) is 10.8 Å². The highest BCUT2D eigenvalue weighted by molar-refractivity contribution is 7.09. The summed E-state index contributed by atoms with van der Waals surface area (Å²) in [4.78, 5) is 4.46. The lowest BCUT2D eigenvalue weighted by Crippen LogP contribution is -2.10. The van der Waals surface area contributed by atoms with E-state index in [2.05, 4.69) is 34.5 Å². The van der Waals surface area contributed by atoms with Gasteiger partial charge in [0.25, 0.3) is 0 Å². The molecule has 3 rings (SSSR count). The number of nitrogens with one attached hydrogen (secondary N) is 1. The van der Waals surface area contributed by atoms with Crippen LogP contribution in [0.4, 0.5) is 5.82 Å². The van der Waals surface area contributed by atoms with E-state index in [-0.39, 0.29) is 6.61 Å². The normalized spacial score (nSPS) is 10.9. The number of benzene rings is 1. The second-order valence-electron chi connectivity index (χ2n) is 5.41. The molecule has 2 aromatic heterocycles. The Kier molecular flexibility index (Phi) is 4.73. The van der Waals surface area contributed by atoms with E-state index >= 15 is 0 Å². The van der Waals surface area contributed by atoms with Crippen LogP contribution in [0.5, 0.6) is 0 Å². The monoisotopic (exact) mass is 328 g/mol. The summed E-state index contributed by atoms with van der Waals surface area (Å²) in [7, 11) is 0. The first-order valence-electron chi connectivity index (χ1n) is 7.57. The molecule has 0 saturated heterocycles. The van der Waals surface area contributed by atoms with Gasteiger partial charge in [-0.15, -0.1) is 11.3 Å². The lowest BCUT2D eigenvalue weighted by molar-refractivity contribution is 0.270. The fraction of sp³-hybridized carbons (Fsp3) is 0.294. The zero-order valence-corrected chi connectivity index (χ0v) is 14.1. The van der Waals surface area contributed by atoms with E-state index < -0.39 is 0 Å². The Bertz CT molecular complexity index is 793. The molecule has 0 saturated carbocycles. The summed E-state index contributed by atoms with van der Waals surface area (Å²) < 4.78 is 1.81. The number of aryl methyl sites for hydroxylation is 2. The van der Waals surface area contributed by atoms with Gasteiger partial charge < -0.3 is 10.4 Å². The van der Waals surface area contributed by atoms with Crippen molar-refractivity contribution in [3.63, 3.8) is 0 Å². The lowest BCUT2D eigenvalue weighted by Gasteiger charge is -2.06.